The number of hydrogen-bond donors (Lipinski definition) is 2. The van der Waals surface area contributed by atoms with Crippen molar-refractivity contribution in [3.63, 3.8) is 0 Å². The van der Waals surface area contributed by atoms with Crippen LogP contribution < -0.4 is 5.32 Å². The van der Waals surface area contributed by atoms with E-state index < -0.39 is 0 Å². The summed E-state index contributed by atoms with van der Waals surface area (Å²) in [5.74, 6) is 1.23. The van der Waals surface area contributed by atoms with Gasteiger partial charge in [-0.15, -0.1) is 0 Å². The van der Waals surface area contributed by atoms with Crippen LogP contribution >= 0.6 is 11.8 Å². The van der Waals surface area contributed by atoms with E-state index in [0.717, 1.165) is 26.2 Å². The molecule has 0 aromatic rings. The van der Waals surface area contributed by atoms with Crippen LogP contribution in [0.1, 0.15) is 12.8 Å². The molecule has 0 saturated carbocycles. The van der Waals surface area contributed by atoms with Crippen molar-refractivity contribution in [1.29, 1.82) is 0 Å². The summed E-state index contributed by atoms with van der Waals surface area (Å²) in [6, 6.07) is 0. The quantitative estimate of drug-likeness (QED) is 0.701. The third-order valence-corrected chi connectivity index (χ3v) is 3.43. The summed E-state index contributed by atoms with van der Waals surface area (Å²) in [5, 5.41) is 11.8. The second kappa shape index (κ2) is 7.92. The van der Waals surface area contributed by atoms with E-state index in [-0.39, 0.29) is 12.5 Å². The van der Waals surface area contributed by atoms with E-state index >= 15 is 0 Å². The van der Waals surface area contributed by atoms with E-state index in [4.69, 9.17) is 5.11 Å². The molecule has 0 aromatic heterocycles. The van der Waals surface area contributed by atoms with Crippen LogP contribution in [0, 0.1) is 5.92 Å². The first-order chi connectivity index (χ1) is 7.76. The Labute approximate surface area is 102 Å². The second-order valence-electron chi connectivity index (χ2n) is 4.27. The average molecular weight is 246 g/mol. The maximum Gasteiger partial charge on any atom is 0.229 e. The third kappa shape index (κ3) is 5.18. The van der Waals surface area contributed by atoms with Crippen LogP contribution in [-0.4, -0.2) is 60.7 Å². The Hall–Kier alpha value is -0.260. The van der Waals surface area contributed by atoms with Gasteiger partial charge in [-0.1, -0.05) is 0 Å². The van der Waals surface area contributed by atoms with Gasteiger partial charge in [0, 0.05) is 19.6 Å². The van der Waals surface area contributed by atoms with E-state index in [1.165, 1.54) is 12.8 Å². The van der Waals surface area contributed by atoms with Crippen molar-refractivity contribution in [2.45, 2.75) is 12.8 Å². The molecule has 0 bridgehead atoms. The van der Waals surface area contributed by atoms with E-state index in [1.54, 1.807) is 11.8 Å². The highest BCUT2D eigenvalue weighted by atomic mass is 32.2. The second-order valence-corrected chi connectivity index (χ2v) is 5.14. The molecule has 1 amide bonds. The molecule has 1 fully saturated rings. The zero-order chi connectivity index (χ0) is 11.8. The summed E-state index contributed by atoms with van der Waals surface area (Å²) in [5.41, 5.74) is 0. The van der Waals surface area contributed by atoms with Gasteiger partial charge in [-0.25, -0.2) is 0 Å². The van der Waals surface area contributed by atoms with Crippen molar-refractivity contribution >= 4 is 17.7 Å². The largest absolute Gasteiger partial charge is 0.395 e. The van der Waals surface area contributed by atoms with Crippen molar-refractivity contribution in [2.75, 3.05) is 44.8 Å². The van der Waals surface area contributed by atoms with E-state index in [9.17, 15) is 4.79 Å². The first kappa shape index (κ1) is 13.8. The Bertz CT molecular complexity index is 212. The molecule has 4 nitrogen and oxygen atoms in total. The van der Waals surface area contributed by atoms with E-state index in [1.807, 2.05) is 6.26 Å². The van der Waals surface area contributed by atoms with E-state index in [0.29, 0.717) is 11.7 Å². The van der Waals surface area contributed by atoms with Crippen LogP contribution in [-0.2, 0) is 4.79 Å². The number of aliphatic hydroxyl groups excluding tert-OH is 1. The molecular weight excluding hydrogens is 224 g/mol. The van der Waals surface area contributed by atoms with Gasteiger partial charge in [0.25, 0.3) is 0 Å². The molecule has 1 rings (SSSR count). The predicted molar refractivity (Wildman–Crippen MR) is 67.6 cm³/mol. The Balaban J connectivity index is 2.18. The van der Waals surface area contributed by atoms with E-state index in [2.05, 4.69) is 10.2 Å². The molecule has 1 unspecified atom stereocenters. The highest BCUT2D eigenvalue weighted by molar-refractivity contribution is 7.99. The lowest BCUT2D eigenvalue weighted by molar-refractivity contribution is -0.118. The summed E-state index contributed by atoms with van der Waals surface area (Å²) in [7, 11) is 0. The Morgan fingerprint density at radius 2 is 2.44 bits per heavy atom. The molecule has 5 heteroatoms. The summed E-state index contributed by atoms with van der Waals surface area (Å²) in [4.78, 5) is 13.6. The van der Waals surface area contributed by atoms with Gasteiger partial charge in [0.2, 0.25) is 5.91 Å². The number of rotatable bonds is 6. The Morgan fingerprint density at radius 3 is 3.12 bits per heavy atom. The number of thioether (sulfide) groups is 1. The number of carbonyl (C=O) groups is 1. The van der Waals surface area contributed by atoms with Crippen molar-refractivity contribution in [1.82, 2.24) is 10.2 Å². The lowest BCUT2D eigenvalue weighted by Gasteiger charge is -2.32. The average Bonchev–Trinajstić information content (AvgIpc) is 2.28. The number of β-amino-alcohol motifs (C(OH)–C–C–N with tert-alkyl or cyclic N) is 1. The molecule has 1 aliphatic rings. The minimum Gasteiger partial charge on any atom is -0.395 e. The SMILES string of the molecule is CSCC(=O)NCC1CCCN(CCO)C1. The molecule has 0 spiro atoms. The lowest BCUT2D eigenvalue weighted by Crippen LogP contribution is -2.42. The zero-order valence-corrected chi connectivity index (χ0v) is 10.8. The van der Waals surface area contributed by atoms with Crippen molar-refractivity contribution < 1.29 is 9.90 Å². The van der Waals surface area contributed by atoms with Gasteiger partial charge in [0.1, 0.15) is 0 Å². The summed E-state index contributed by atoms with van der Waals surface area (Å²) in [6.45, 7) is 3.85. The first-order valence-corrected chi connectivity index (χ1v) is 7.24. The molecule has 2 N–H and O–H groups in total. The fourth-order valence-corrected chi connectivity index (χ4v) is 2.47. The number of hydrogen-bond acceptors (Lipinski definition) is 4. The van der Waals surface area contributed by atoms with Gasteiger partial charge < -0.3 is 15.3 Å². The number of piperidine rings is 1. The van der Waals surface area contributed by atoms with Crippen LogP contribution in [0.25, 0.3) is 0 Å². The van der Waals surface area contributed by atoms with Gasteiger partial charge in [0.05, 0.1) is 12.4 Å². The molecule has 1 saturated heterocycles. The Kier molecular flexibility index (Phi) is 6.84. The summed E-state index contributed by atoms with van der Waals surface area (Å²) >= 11 is 1.55. The van der Waals surface area contributed by atoms with Crippen LogP contribution in [0.4, 0.5) is 0 Å². The third-order valence-electron chi connectivity index (χ3n) is 2.88. The molecule has 0 radical (unpaired) electrons. The lowest BCUT2D eigenvalue weighted by atomic mass is 9.98. The predicted octanol–water partition coefficient (Wildman–Crippen LogP) is 0.170. The maximum atomic E-state index is 11.3. The number of aliphatic hydroxyl groups is 1. The van der Waals surface area contributed by atoms with Crippen LogP contribution in [0.3, 0.4) is 0 Å². The topological polar surface area (TPSA) is 52.6 Å². The first-order valence-electron chi connectivity index (χ1n) is 5.85. The van der Waals surface area contributed by atoms with Crippen molar-refractivity contribution in [2.24, 2.45) is 5.92 Å². The number of nitrogens with zero attached hydrogens (tertiary/aromatic N) is 1. The van der Waals surface area contributed by atoms with Gasteiger partial charge in [-0.2, -0.15) is 11.8 Å². The zero-order valence-electron chi connectivity index (χ0n) is 9.95. The molecule has 16 heavy (non-hydrogen) atoms. The standard InChI is InChI=1S/C11H22N2O2S/c1-16-9-11(15)12-7-10-3-2-4-13(8-10)5-6-14/h10,14H,2-9H2,1H3,(H,12,15). The Morgan fingerprint density at radius 1 is 1.62 bits per heavy atom. The van der Waals surface area contributed by atoms with Crippen LogP contribution in [0.15, 0.2) is 0 Å². The summed E-state index contributed by atoms with van der Waals surface area (Å²) < 4.78 is 0. The molecular formula is C11H22N2O2S. The monoisotopic (exact) mass is 246 g/mol. The molecule has 1 aliphatic heterocycles. The fourth-order valence-electron chi connectivity index (χ4n) is 2.10. The molecule has 1 heterocycles. The molecule has 94 valence electrons. The van der Waals surface area contributed by atoms with Gasteiger partial charge in [-0.05, 0) is 31.6 Å². The van der Waals surface area contributed by atoms with Crippen LogP contribution in [0.2, 0.25) is 0 Å². The number of nitrogens with one attached hydrogen (secondary N) is 1. The number of carbonyl (C=O) groups excluding carboxylic acids is 1. The van der Waals surface area contributed by atoms with Gasteiger partial charge >= 0.3 is 0 Å². The number of likely N-dealkylation sites (tertiary alicyclic amines) is 1. The van der Waals surface area contributed by atoms with Crippen molar-refractivity contribution in [3.8, 4) is 0 Å². The molecule has 0 aromatic carbocycles. The molecule has 0 aliphatic carbocycles. The highest BCUT2D eigenvalue weighted by Gasteiger charge is 2.19. The highest BCUT2D eigenvalue weighted by Crippen LogP contribution is 2.15. The minimum absolute atomic E-state index is 0.131. The smallest absolute Gasteiger partial charge is 0.229 e. The van der Waals surface area contributed by atoms with Gasteiger partial charge in [0.15, 0.2) is 0 Å². The molecule has 1 atom stereocenters. The van der Waals surface area contributed by atoms with Gasteiger partial charge in [-0.3, -0.25) is 4.79 Å². The summed E-state index contributed by atoms with van der Waals surface area (Å²) in [6.07, 6.45) is 4.29. The normalized spacial score (nSPS) is 22.0. The van der Waals surface area contributed by atoms with Crippen molar-refractivity contribution in [3.05, 3.63) is 0 Å². The number of amides is 1. The van der Waals surface area contributed by atoms with Crippen LogP contribution in [0.5, 0.6) is 0 Å². The fraction of sp³-hybridized carbons (Fsp3) is 0.909. The minimum atomic E-state index is 0.131. The maximum absolute atomic E-state index is 11.3.